The van der Waals surface area contributed by atoms with Gasteiger partial charge in [0.05, 0.1) is 12.4 Å². The van der Waals surface area contributed by atoms with Crippen LogP contribution in [0.1, 0.15) is 0 Å². The molecular formula is C21H23BrNO2PS. The number of hydrogen-bond donors (Lipinski definition) is 1. The zero-order chi connectivity index (χ0) is 18.5. The van der Waals surface area contributed by atoms with Crippen LogP contribution in [0.15, 0.2) is 91.0 Å². The van der Waals surface area contributed by atoms with Gasteiger partial charge in [0.15, 0.2) is 0 Å². The summed E-state index contributed by atoms with van der Waals surface area (Å²) in [4.78, 5) is 0. The Morgan fingerprint density at radius 1 is 0.704 bits per heavy atom. The van der Waals surface area contributed by atoms with Crippen molar-refractivity contribution in [2.24, 2.45) is 0 Å². The molecule has 0 heterocycles. The lowest BCUT2D eigenvalue weighted by Gasteiger charge is -2.27. The van der Waals surface area contributed by atoms with Crippen molar-refractivity contribution in [3.05, 3.63) is 91.0 Å². The third-order valence-electron chi connectivity index (χ3n) is 4.40. The molecule has 0 atom stereocenters. The highest BCUT2D eigenvalue weighted by atomic mass is 79.9. The van der Waals surface area contributed by atoms with Crippen molar-refractivity contribution in [1.29, 1.82) is 0 Å². The average molecular weight is 464 g/mol. The predicted octanol–water partition coefficient (Wildman–Crippen LogP) is -0.466. The van der Waals surface area contributed by atoms with E-state index in [9.17, 15) is 8.42 Å². The molecule has 0 aliphatic rings. The minimum atomic E-state index is -3.23. The average Bonchev–Trinajstić information content (AvgIpc) is 2.67. The summed E-state index contributed by atoms with van der Waals surface area (Å²) in [6, 6.07) is 31.3. The van der Waals surface area contributed by atoms with E-state index in [0.717, 1.165) is 6.16 Å². The molecule has 0 aliphatic heterocycles. The first kappa shape index (κ1) is 21.8. The Morgan fingerprint density at radius 2 is 1.04 bits per heavy atom. The first-order valence-corrected chi connectivity index (χ1v) is 12.4. The van der Waals surface area contributed by atoms with Gasteiger partial charge < -0.3 is 17.0 Å². The molecule has 3 aromatic carbocycles. The van der Waals surface area contributed by atoms with Gasteiger partial charge in [-0.15, -0.1) is 0 Å². The third kappa shape index (κ3) is 5.26. The number of sulfonamides is 1. The Morgan fingerprint density at radius 3 is 1.33 bits per heavy atom. The van der Waals surface area contributed by atoms with Crippen LogP contribution in [-0.4, -0.2) is 27.4 Å². The molecule has 3 nitrogen and oxygen atoms in total. The van der Waals surface area contributed by atoms with Crippen molar-refractivity contribution in [3.63, 3.8) is 0 Å². The van der Waals surface area contributed by atoms with E-state index in [1.165, 1.54) is 22.2 Å². The fourth-order valence-electron chi connectivity index (χ4n) is 3.28. The largest absolute Gasteiger partial charge is 1.00 e. The number of halogens is 1. The van der Waals surface area contributed by atoms with Gasteiger partial charge in [-0.1, -0.05) is 54.6 Å². The van der Waals surface area contributed by atoms with Crippen molar-refractivity contribution in [1.82, 2.24) is 4.72 Å². The Labute approximate surface area is 173 Å². The summed E-state index contributed by atoms with van der Waals surface area (Å²) in [5, 5.41) is 3.77. The highest BCUT2D eigenvalue weighted by Gasteiger charge is 2.44. The quantitative estimate of drug-likeness (QED) is 0.481. The van der Waals surface area contributed by atoms with Crippen LogP contribution in [0, 0.1) is 0 Å². The van der Waals surface area contributed by atoms with E-state index < -0.39 is 17.3 Å². The van der Waals surface area contributed by atoms with E-state index in [2.05, 4.69) is 77.5 Å². The summed E-state index contributed by atoms with van der Waals surface area (Å²) >= 11 is 0. The Kier molecular flexibility index (Phi) is 7.75. The third-order valence-corrected chi connectivity index (χ3v) is 9.56. The molecule has 3 aromatic rings. The lowest BCUT2D eigenvalue weighted by molar-refractivity contribution is -0.00000777. The number of benzene rings is 3. The van der Waals surface area contributed by atoms with Crippen LogP contribution in [-0.2, 0) is 10.0 Å². The topological polar surface area (TPSA) is 46.2 Å². The second-order valence-electron chi connectivity index (χ2n) is 6.21. The van der Waals surface area contributed by atoms with Gasteiger partial charge in [-0.05, 0) is 36.4 Å². The minimum absolute atomic E-state index is 0. The van der Waals surface area contributed by atoms with Crippen molar-refractivity contribution in [3.8, 4) is 0 Å². The molecule has 1 N–H and O–H groups in total. The van der Waals surface area contributed by atoms with Gasteiger partial charge in [0, 0.05) is 6.54 Å². The summed E-state index contributed by atoms with van der Waals surface area (Å²) < 4.78 is 25.9. The number of hydrogen-bond acceptors (Lipinski definition) is 2. The predicted molar refractivity (Wildman–Crippen MR) is 113 cm³/mol. The van der Waals surface area contributed by atoms with Crippen LogP contribution in [0.5, 0.6) is 0 Å². The monoisotopic (exact) mass is 463 g/mol. The summed E-state index contributed by atoms with van der Waals surface area (Å²) in [6.45, 7) is 0.408. The van der Waals surface area contributed by atoms with Crippen LogP contribution in [0.4, 0.5) is 0 Å². The first-order chi connectivity index (χ1) is 12.5. The van der Waals surface area contributed by atoms with Crippen molar-refractivity contribution in [2.45, 2.75) is 0 Å². The van der Waals surface area contributed by atoms with E-state index >= 15 is 0 Å². The van der Waals surface area contributed by atoms with Gasteiger partial charge in [-0.2, -0.15) is 0 Å². The zero-order valence-electron chi connectivity index (χ0n) is 15.1. The molecule has 0 bridgehead atoms. The van der Waals surface area contributed by atoms with Gasteiger partial charge >= 0.3 is 0 Å². The van der Waals surface area contributed by atoms with E-state index in [1.54, 1.807) is 0 Å². The molecule has 0 radical (unpaired) electrons. The molecule has 0 amide bonds. The van der Waals surface area contributed by atoms with Crippen molar-refractivity contribution in [2.75, 3.05) is 19.0 Å². The van der Waals surface area contributed by atoms with Gasteiger partial charge in [-0.3, -0.25) is 0 Å². The Balaban J connectivity index is 0.00000261. The zero-order valence-corrected chi connectivity index (χ0v) is 18.4. The Bertz CT molecular complexity index is 839. The highest BCUT2D eigenvalue weighted by Crippen LogP contribution is 2.54. The van der Waals surface area contributed by atoms with E-state index in [1.807, 2.05) is 18.2 Å². The smallest absolute Gasteiger partial charge is 0.208 e. The molecule has 0 saturated heterocycles. The van der Waals surface area contributed by atoms with Crippen LogP contribution < -0.4 is 37.6 Å². The molecule has 0 aliphatic carbocycles. The summed E-state index contributed by atoms with van der Waals surface area (Å²) in [5.41, 5.74) is 0. The molecule has 27 heavy (non-hydrogen) atoms. The molecule has 0 aromatic heterocycles. The SMILES string of the molecule is CS(=O)(=O)NCC[P+](c1ccccc1)(c1ccccc1)c1ccccc1.[Br-]. The standard InChI is InChI=1S/C21H23NO2PS.BrH/c1-26(23,24)22-17-18-25(19-11-5-2-6-12-19,20-13-7-3-8-14-20)21-15-9-4-10-16-21;/h2-16,22H,17-18H2,1H3;1H/q+1;/p-1. The molecule has 0 saturated carbocycles. The molecule has 3 rings (SSSR count). The second-order valence-corrected chi connectivity index (χ2v) is 11.7. The summed E-state index contributed by atoms with van der Waals surface area (Å²) in [7, 11) is -5.19. The minimum Gasteiger partial charge on any atom is -1.00 e. The van der Waals surface area contributed by atoms with E-state index in [-0.39, 0.29) is 17.0 Å². The van der Waals surface area contributed by atoms with Crippen molar-refractivity contribution >= 4 is 33.2 Å². The molecule has 142 valence electrons. The first-order valence-electron chi connectivity index (χ1n) is 8.52. The molecule has 6 heteroatoms. The van der Waals surface area contributed by atoms with Crippen LogP contribution in [0.2, 0.25) is 0 Å². The maximum atomic E-state index is 11.6. The lowest BCUT2D eigenvalue weighted by atomic mass is 10.4. The van der Waals surface area contributed by atoms with Gasteiger partial charge in [-0.25, -0.2) is 13.1 Å². The normalized spacial score (nSPS) is 11.6. The summed E-state index contributed by atoms with van der Waals surface area (Å²) in [5.74, 6) is 0. The highest BCUT2D eigenvalue weighted by molar-refractivity contribution is 7.95. The fraction of sp³-hybridized carbons (Fsp3) is 0.143. The summed E-state index contributed by atoms with van der Waals surface area (Å²) in [6.07, 6.45) is 1.94. The lowest BCUT2D eigenvalue weighted by Crippen LogP contribution is -3.00. The maximum Gasteiger partial charge on any atom is 0.208 e. The van der Waals surface area contributed by atoms with Gasteiger partial charge in [0.2, 0.25) is 10.0 Å². The molecule has 0 unspecified atom stereocenters. The van der Waals surface area contributed by atoms with Gasteiger partial charge in [0.25, 0.3) is 0 Å². The van der Waals surface area contributed by atoms with Crippen LogP contribution in [0.3, 0.4) is 0 Å². The fourth-order valence-corrected chi connectivity index (χ4v) is 8.06. The molecule has 0 spiro atoms. The van der Waals surface area contributed by atoms with E-state index in [0.29, 0.717) is 6.54 Å². The maximum absolute atomic E-state index is 11.6. The van der Waals surface area contributed by atoms with E-state index in [4.69, 9.17) is 0 Å². The van der Waals surface area contributed by atoms with Crippen molar-refractivity contribution < 1.29 is 25.4 Å². The van der Waals surface area contributed by atoms with Crippen LogP contribution >= 0.6 is 7.26 Å². The number of nitrogens with one attached hydrogen (secondary N) is 1. The van der Waals surface area contributed by atoms with Gasteiger partial charge in [0.1, 0.15) is 23.2 Å². The molecule has 0 fully saturated rings. The van der Waals surface area contributed by atoms with Crippen LogP contribution in [0.25, 0.3) is 0 Å². The Hall–Kier alpha value is -1.52. The molecular weight excluding hydrogens is 441 g/mol. The number of rotatable bonds is 7. The second kappa shape index (κ2) is 9.61.